The van der Waals surface area contributed by atoms with E-state index >= 15 is 0 Å². The molecule has 0 saturated carbocycles. The standard InChI is InChI=1S/C12H15N5O2/c13-6-7-14-11(18)5-8-17-12(19)9-3-1-2-4-10(9)15-16-17/h1-4H,5-8,13H2,(H,14,18). The van der Waals surface area contributed by atoms with Gasteiger partial charge in [-0.1, -0.05) is 17.3 Å². The van der Waals surface area contributed by atoms with Crippen LogP contribution in [0.5, 0.6) is 0 Å². The fraction of sp³-hybridized carbons (Fsp3) is 0.333. The maximum absolute atomic E-state index is 12.1. The Hall–Kier alpha value is -2.28. The van der Waals surface area contributed by atoms with Gasteiger partial charge in [-0.2, -0.15) is 0 Å². The second-order valence-corrected chi connectivity index (χ2v) is 4.02. The number of nitrogens with zero attached hydrogens (tertiary/aromatic N) is 3. The van der Waals surface area contributed by atoms with Crippen LogP contribution >= 0.6 is 0 Å². The average Bonchev–Trinajstić information content (AvgIpc) is 2.44. The summed E-state index contributed by atoms with van der Waals surface area (Å²) in [5.74, 6) is -0.160. The highest BCUT2D eigenvalue weighted by Gasteiger charge is 2.06. The van der Waals surface area contributed by atoms with Gasteiger partial charge >= 0.3 is 0 Å². The summed E-state index contributed by atoms with van der Waals surface area (Å²) in [7, 11) is 0. The van der Waals surface area contributed by atoms with Crippen LogP contribution in [0.2, 0.25) is 0 Å². The molecule has 1 amide bonds. The number of carbonyl (C=O) groups is 1. The van der Waals surface area contributed by atoms with E-state index in [0.29, 0.717) is 24.0 Å². The summed E-state index contributed by atoms with van der Waals surface area (Å²) in [6.45, 7) is 1.02. The van der Waals surface area contributed by atoms with Gasteiger partial charge in [0.2, 0.25) is 5.91 Å². The topological polar surface area (TPSA) is 103 Å². The molecule has 2 aromatic rings. The lowest BCUT2D eigenvalue weighted by Gasteiger charge is -2.05. The van der Waals surface area contributed by atoms with Crippen molar-refractivity contribution in [1.29, 1.82) is 0 Å². The molecule has 0 aliphatic rings. The van der Waals surface area contributed by atoms with Crippen LogP contribution in [0.1, 0.15) is 6.42 Å². The summed E-state index contributed by atoms with van der Waals surface area (Å²) < 4.78 is 1.20. The van der Waals surface area contributed by atoms with Crippen molar-refractivity contribution in [2.75, 3.05) is 13.1 Å². The first-order valence-electron chi connectivity index (χ1n) is 6.01. The normalized spacial score (nSPS) is 10.6. The number of amides is 1. The zero-order valence-electron chi connectivity index (χ0n) is 10.4. The van der Waals surface area contributed by atoms with Crippen molar-refractivity contribution in [1.82, 2.24) is 20.3 Å². The first-order chi connectivity index (χ1) is 9.22. The molecule has 3 N–H and O–H groups in total. The maximum Gasteiger partial charge on any atom is 0.277 e. The Morgan fingerprint density at radius 2 is 2.16 bits per heavy atom. The second kappa shape index (κ2) is 6.05. The Balaban J connectivity index is 2.11. The first kappa shape index (κ1) is 13.2. The van der Waals surface area contributed by atoms with Gasteiger partial charge in [0, 0.05) is 19.5 Å². The molecule has 7 nitrogen and oxygen atoms in total. The van der Waals surface area contributed by atoms with E-state index in [2.05, 4.69) is 15.6 Å². The minimum Gasteiger partial charge on any atom is -0.355 e. The largest absolute Gasteiger partial charge is 0.355 e. The van der Waals surface area contributed by atoms with Crippen molar-refractivity contribution in [3.63, 3.8) is 0 Å². The Kier molecular flexibility index (Phi) is 4.19. The molecular formula is C12H15N5O2. The maximum atomic E-state index is 12.1. The molecule has 19 heavy (non-hydrogen) atoms. The molecule has 0 unspecified atom stereocenters. The molecule has 0 spiro atoms. The minimum atomic E-state index is -0.239. The number of hydrogen-bond acceptors (Lipinski definition) is 5. The lowest BCUT2D eigenvalue weighted by Crippen LogP contribution is -2.32. The van der Waals surface area contributed by atoms with Crippen molar-refractivity contribution >= 4 is 16.8 Å². The average molecular weight is 261 g/mol. The van der Waals surface area contributed by atoms with Gasteiger partial charge in [-0.25, -0.2) is 4.68 Å². The second-order valence-electron chi connectivity index (χ2n) is 4.02. The molecule has 0 saturated heterocycles. The number of benzene rings is 1. The number of rotatable bonds is 5. The highest BCUT2D eigenvalue weighted by molar-refractivity contribution is 5.77. The predicted molar refractivity (Wildman–Crippen MR) is 70.5 cm³/mol. The number of nitrogens with two attached hydrogens (primary N) is 1. The van der Waals surface area contributed by atoms with Crippen molar-refractivity contribution in [3.8, 4) is 0 Å². The van der Waals surface area contributed by atoms with Gasteiger partial charge in [0.05, 0.1) is 11.9 Å². The first-order valence-corrected chi connectivity index (χ1v) is 6.01. The Morgan fingerprint density at radius 1 is 1.37 bits per heavy atom. The Labute approximate surface area is 109 Å². The molecule has 2 rings (SSSR count). The number of carbonyl (C=O) groups excluding carboxylic acids is 1. The van der Waals surface area contributed by atoms with Crippen molar-refractivity contribution in [3.05, 3.63) is 34.6 Å². The molecule has 0 aliphatic carbocycles. The minimum absolute atomic E-state index is 0.160. The van der Waals surface area contributed by atoms with E-state index in [1.165, 1.54) is 4.68 Å². The molecule has 0 fully saturated rings. The highest BCUT2D eigenvalue weighted by atomic mass is 16.2. The van der Waals surface area contributed by atoms with Crippen LogP contribution < -0.4 is 16.6 Å². The van der Waals surface area contributed by atoms with Crippen LogP contribution in [0.25, 0.3) is 10.9 Å². The van der Waals surface area contributed by atoms with Crippen molar-refractivity contribution in [2.24, 2.45) is 5.73 Å². The highest BCUT2D eigenvalue weighted by Crippen LogP contribution is 2.03. The van der Waals surface area contributed by atoms with Gasteiger partial charge in [-0.05, 0) is 12.1 Å². The van der Waals surface area contributed by atoms with E-state index in [0.717, 1.165) is 0 Å². The summed E-state index contributed by atoms with van der Waals surface area (Å²) in [5.41, 5.74) is 5.59. The smallest absolute Gasteiger partial charge is 0.277 e. The van der Waals surface area contributed by atoms with Gasteiger partial charge in [0.1, 0.15) is 5.52 Å². The van der Waals surface area contributed by atoms with Crippen LogP contribution in [0.3, 0.4) is 0 Å². The summed E-state index contributed by atoms with van der Waals surface area (Å²) in [6, 6.07) is 6.98. The van der Waals surface area contributed by atoms with Gasteiger partial charge in [0.15, 0.2) is 0 Å². The van der Waals surface area contributed by atoms with E-state index < -0.39 is 0 Å². The van der Waals surface area contributed by atoms with Gasteiger partial charge in [0.25, 0.3) is 5.56 Å². The third-order valence-electron chi connectivity index (χ3n) is 2.65. The molecule has 1 aromatic carbocycles. The van der Waals surface area contributed by atoms with E-state index in [1.807, 2.05) is 0 Å². The number of nitrogens with one attached hydrogen (secondary N) is 1. The molecule has 0 atom stereocenters. The van der Waals surface area contributed by atoms with E-state index in [4.69, 9.17) is 5.73 Å². The van der Waals surface area contributed by atoms with Crippen molar-refractivity contribution < 1.29 is 4.79 Å². The van der Waals surface area contributed by atoms with E-state index in [1.54, 1.807) is 24.3 Å². The number of aromatic nitrogens is 3. The molecule has 1 heterocycles. The monoisotopic (exact) mass is 261 g/mol. The van der Waals surface area contributed by atoms with Gasteiger partial charge < -0.3 is 11.1 Å². The molecule has 0 bridgehead atoms. The SMILES string of the molecule is NCCNC(=O)CCn1nnc2ccccc2c1=O. The molecule has 7 heteroatoms. The third-order valence-corrected chi connectivity index (χ3v) is 2.65. The van der Waals surface area contributed by atoms with Crippen LogP contribution in [0, 0.1) is 0 Å². The molecule has 0 aliphatic heterocycles. The lowest BCUT2D eigenvalue weighted by molar-refractivity contribution is -0.121. The fourth-order valence-corrected chi connectivity index (χ4v) is 1.68. The van der Waals surface area contributed by atoms with Crippen LogP contribution in [-0.4, -0.2) is 34.0 Å². The summed E-state index contributed by atoms with van der Waals surface area (Å²) in [6.07, 6.45) is 0.174. The molecule has 1 aromatic heterocycles. The van der Waals surface area contributed by atoms with Crippen molar-refractivity contribution in [2.45, 2.75) is 13.0 Å². The number of aryl methyl sites for hydroxylation is 1. The summed E-state index contributed by atoms with van der Waals surface area (Å²) in [5, 5.41) is 10.9. The number of hydrogen-bond donors (Lipinski definition) is 2. The molecule has 100 valence electrons. The van der Waals surface area contributed by atoms with Gasteiger partial charge in [-0.15, -0.1) is 5.10 Å². The third kappa shape index (κ3) is 3.14. The quantitative estimate of drug-likeness (QED) is 0.737. The zero-order chi connectivity index (χ0) is 13.7. The Bertz CT molecular complexity index is 637. The van der Waals surface area contributed by atoms with E-state index in [9.17, 15) is 9.59 Å². The summed E-state index contributed by atoms with van der Waals surface area (Å²) in [4.78, 5) is 23.5. The molecular weight excluding hydrogens is 246 g/mol. The Morgan fingerprint density at radius 3 is 2.95 bits per heavy atom. The van der Waals surface area contributed by atoms with Gasteiger partial charge in [-0.3, -0.25) is 9.59 Å². The van der Waals surface area contributed by atoms with Crippen LogP contribution in [-0.2, 0) is 11.3 Å². The summed E-state index contributed by atoms with van der Waals surface area (Å²) >= 11 is 0. The number of fused-ring (bicyclic) bond motifs is 1. The lowest BCUT2D eigenvalue weighted by atomic mass is 10.2. The zero-order valence-corrected chi connectivity index (χ0v) is 10.4. The van der Waals surface area contributed by atoms with Crippen LogP contribution in [0.15, 0.2) is 29.1 Å². The van der Waals surface area contributed by atoms with Crippen LogP contribution in [0.4, 0.5) is 0 Å². The molecule has 0 radical (unpaired) electrons. The van der Waals surface area contributed by atoms with E-state index in [-0.39, 0.29) is 24.4 Å². The predicted octanol–water partition coefficient (Wildman–Crippen LogP) is -0.743. The fourth-order valence-electron chi connectivity index (χ4n) is 1.68.